The van der Waals surface area contributed by atoms with E-state index in [1.807, 2.05) is 6.92 Å². The van der Waals surface area contributed by atoms with Crippen molar-refractivity contribution in [1.29, 1.82) is 0 Å². The van der Waals surface area contributed by atoms with E-state index < -0.39 is 17.2 Å². The summed E-state index contributed by atoms with van der Waals surface area (Å²) in [6, 6.07) is -0.256. The molecule has 2 heterocycles. The Bertz CT molecular complexity index is 970. The zero-order valence-electron chi connectivity index (χ0n) is 16.3. The highest BCUT2D eigenvalue weighted by atomic mass is 16.5. The van der Waals surface area contributed by atoms with Gasteiger partial charge in [0.2, 0.25) is 5.91 Å². The van der Waals surface area contributed by atoms with Gasteiger partial charge in [-0.05, 0) is 6.42 Å². The summed E-state index contributed by atoms with van der Waals surface area (Å²) in [5, 5.41) is 0. The number of ether oxygens (including phenoxy) is 1. The summed E-state index contributed by atoms with van der Waals surface area (Å²) in [6.07, 6.45) is 2.10. The van der Waals surface area contributed by atoms with Gasteiger partial charge in [0.15, 0.2) is 11.2 Å². The van der Waals surface area contributed by atoms with Gasteiger partial charge < -0.3 is 14.2 Å². The third kappa shape index (κ3) is 4.09. The first kappa shape index (κ1) is 20.4. The minimum Gasteiger partial charge on any atom is -0.464 e. The number of hydrogen-bond donors (Lipinski definition) is 0. The maximum atomic E-state index is 12.5. The van der Waals surface area contributed by atoms with Crippen LogP contribution in [0.1, 0.15) is 27.2 Å². The lowest BCUT2D eigenvalue weighted by Gasteiger charge is -2.30. The lowest BCUT2D eigenvalue weighted by atomic mass is 10.2. The second-order valence-electron chi connectivity index (χ2n) is 6.39. The summed E-state index contributed by atoms with van der Waals surface area (Å²) < 4.78 is 9.02. The highest BCUT2D eigenvalue weighted by molar-refractivity contribution is 5.74. The zero-order valence-corrected chi connectivity index (χ0v) is 16.3. The van der Waals surface area contributed by atoms with Crippen molar-refractivity contribution < 1.29 is 14.3 Å². The van der Waals surface area contributed by atoms with Crippen molar-refractivity contribution in [3.05, 3.63) is 27.2 Å². The van der Waals surface area contributed by atoms with Gasteiger partial charge in [-0.3, -0.25) is 23.5 Å². The third-order valence-electron chi connectivity index (χ3n) is 4.59. The molecule has 0 aromatic carbocycles. The fourth-order valence-electron chi connectivity index (χ4n) is 3.02. The first-order valence-electron chi connectivity index (χ1n) is 8.70. The van der Waals surface area contributed by atoms with E-state index in [1.54, 1.807) is 16.5 Å². The van der Waals surface area contributed by atoms with Crippen LogP contribution in [0.25, 0.3) is 11.2 Å². The quantitative estimate of drug-likeness (QED) is 0.607. The standard InChI is InChI=1S/C17H25N5O5/c1-6-13(9-27-12(3)24)22(11(2)23)8-7-21-10-18-15-14(21)16(25)20(5)17(26)19(15)4/h10,13H,6-9H2,1-5H3/t13-/m1/s1. The molecule has 1 atom stereocenters. The average molecular weight is 379 g/mol. The number of amides is 1. The Morgan fingerprint density at radius 2 is 1.89 bits per heavy atom. The average Bonchev–Trinajstić information content (AvgIpc) is 3.04. The van der Waals surface area contributed by atoms with Gasteiger partial charge in [-0.15, -0.1) is 0 Å². The Hall–Kier alpha value is -2.91. The monoisotopic (exact) mass is 379 g/mol. The smallest absolute Gasteiger partial charge is 0.332 e. The molecule has 0 fully saturated rings. The second-order valence-corrected chi connectivity index (χ2v) is 6.39. The molecule has 2 aromatic heterocycles. The van der Waals surface area contributed by atoms with Crippen LogP contribution in [0.2, 0.25) is 0 Å². The van der Waals surface area contributed by atoms with Crippen LogP contribution in [0, 0.1) is 0 Å². The van der Waals surface area contributed by atoms with Gasteiger partial charge in [-0.1, -0.05) is 6.92 Å². The molecule has 0 aliphatic rings. The summed E-state index contributed by atoms with van der Waals surface area (Å²) in [5.41, 5.74) is -0.289. The number of esters is 1. The van der Waals surface area contributed by atoms with E-state index in [2.05, 4.69) is 4.98 Å². The number of imidazole rings is 1. The summed E-state index contributed by atoms with van der Waals surface area (Å²) in [4.78, 5) is 53.4. The predicted octanol–water partition coefficient (Wildman–Crippen LogP) is -0.376. The van der Waals surface area contributed by atoms with Gasteiger partial charge in [0.05, 0.1) is 12.4 Å². The van der Waals surface area contributed by atoms with Crippen LogP contribution in [0.5, 0.6) is 0 Å². The Morgan fingerprint density at radius 1 is 1.22 bits per heavy atom. The van der Waals surface area contributed by atoms with Crippen molar-refractivity contribution in [1.82, 2.24) is 23.6 Å². The van der Waals surface area contributed by atoms with Crippen molar-refractivity contribution in [2.75, 3.05) is 13.2 Å². The van der Waals surface area contributed by atoms with Crippen LogP contribution in [-0.4, -0.2) is 54.7 Å². The first-order chi connectivity index (χ1) is 12.7. The van der Waals surface area contributed by atoms with E-state index in [1.165, 1.54) is 31.8 Å². The molecule has 10 nitrogen and oxygen atoms in total. The normalized spacial score (nSPS) is 12.2. The van der Waals surface area contributed by atoms with E-state index in [9.17, 15) is 19.2 Å². The van der Waals surface area contributed by atoms with Gasteiger partial charge in [0.25, 0.3) is 5.56 Å². The van der Waals surface area contributed by atoms with E-state index in [0.717, 1.165) is 4.57 Å². The van der Waals surface area contributed by atoms with Gasteiger partial charge in [0, 0.05) is 41.0 Å². The fourth-order valence-corrected chi connectivity index (χ4v) is 3.02. The van der Waals surface area contributed by atoms with Crippen molar-refractivity contribution in [2.24, 2.45) is 14.1 Å². The molecule has 0 unspecified atom stereocenters. The molecule has 148 valence electrons. The van der Waals surface area contributed by atoms with Crippen LogP contribution in [0.4, 0.5) is 0 Å². The molecule has 1 amide bonds. The van der Waals surface area contributed by atoms with E-state index in [4.69, 9.17) is 4.74 Å². The molecule has 0 bridgehead atoms. The first-order valence-corrected chi connectivity index (χ1v) is 8.70. The number of fused-ring (bicyclic) bond motifs is 1. The van der Waals surface area contributed by atoms with E-state index >= 15 is 0 Å². The lowest BCUT2D eigenvalue weighted by Crippen LogP contribution is -2.43. The maximum absolute atomic E-state index is 12.5. The number of aryl methyl sites for hydroxylation is 1. The van der Waals surface area contributed by atoms with Crippen molar-refractivity contribution in [3.8, 4) is 0 Å². The number of carbonyl (C=O) groups is 2. The lowest BCUT2D eigenvalue weighted by molar-refractivity contribution is -0.146. The maximum Gasteiger partial charge on any atom is 0.332 e. The van der Waals surface area contributed by atoms with Gasteiger partial charge >= 0.3 is 11.7 Å². The number of hydrogen-bond acceptors (Lipinski definition) is 6. The molecule has 0 spiro atoms. The van der Waals surface area contributed by atoms with Crippen molar-refractivity contribution in [2.45, 2.75) is 39.8 Å². The van der Waals surface area contributed by atoms with E-state index in [0.29, 0.717) is 30.7 Å². The van der Waals surface area contributed by atoms with E-state index in [-0.39, 0.29) is 18.6 Å². The van der Waals surface area contributed by atoms with Crippen LogP contribution in [0.3, 0.4) is 0 Å². The molecule has 0 aliphatic heterocycles. The molecule has 0 aliphatic carbocycles. The molecular weight excluding hydrogens is 354 g/mol. The second kappa shape index (κ2) is 8.19. The van der Waals surface area contributed by atoms with Crippen LogP contribution >= 0.6 is 0 Å². The molecule has 0 N–H and O–H groups in total. The molecule has 10 heteroatoms. The summed E-state index contributed by atoms with van der Waals surface area (Å²) in [7, 11) is 2.96. The summed E-state index contributed by atoms with van der Waals surface area (Å²) >= 11 is 0. The SMILES string of the molecule is CC[C@H](COC(C)=O)N(CCn1cnc2c1c(=O)n(C)c(=O)n2C)C(C)=O. The molecule has 2 rings (SSSR count). The van der Waals surface area contributed by atoms with Gasteiger partial charge in [-0.2, -0.15) is 0 Å². The van der Waals surface area contributed by atoms with Crippen molar-refractivity contribution >= 4 is 23.0 Å². The molecule has 0 radical (unpaired) electrons. The van der Waals surface area contributed by atoms with Crippen molar-refractivity contribution in [3.63, 3.8) is 0 Å². The molecule has 27 heavy (non-hydrogen) atoms. The predicted molar refractivity (Wildman–Crippen MR) is 98.3 cm³/mol. The molecule has 0 saturated heterocycles. The third-order valence-corrected chi connectivity index (χ3v) is 4.59. The molecule has 2 aromatic rings. The minimum atomic E-state index is -0.449. The highest BCUT2D eigenvalue weighted by Gasteiger charge is 2.21. The summed E-state index contributed by atoms with van der Waals surface area (Å²) in [5.74, 6) is -0.555. The Kier molecular flexibility index (Phi) is 6.19. The minimum absolute atomic E-state index is 0.117. The Morgan fingerprint density at radius 3 is 2.44 bits per heavy atom. The number of carbonyl (C=O) groups excluding carboxylic acids is 2. The number of nitrogens with zero attached hydrogens (tertiary/aromatic N) is 5. The molecular formula is C17H25N5O5. The highest BCUT2D eigenvalue weighted by Crippen LogP contribution is 2.10. The van der Waals surface area contributed by atoms with Gasteiger partial charge in [0.1, 0.15) is 6.61 Å². The van der Waals surface area contributed by atoms with Crippen LogP contribution in [-0.2, 0) is 35.0 Å². The van der Waals surface area contributed by atoms with Crippen LogP contribution < -0.4 is 11.2 Å². The molecule has 0 saturated carbocycles. The number of aromatic nitrogens is 4. The Balaban J connectivity index is 2.30. The topological polar surface area (TPSA) is 108 Å². The van der Waals surface area contributed by atoms with Crippen LogP contribution in [0.15, 0.2) is 15.9 Å². The number of rotatable bonds is 7. The largest absolute Gasteiger partial charge is 0.464 e. The fraction of sp³-hybridized carbons (Fsp3) is 0.588. The van der Waals surface area contributed by atoms with Gasteiger partial charge in [-0.25, -0.2) is 9.78 Å². The zero-order chi connectivity index (χ0) is 20.3. The Labute approximate surface area is 156 Å². The summed E-state index contributed by atoms with van der Waals surface area (Å²) in [6.45, 7) is 5.43.